The molecule has 0 bridgehead atoms. The smallest absolute Gasteiger partial charge is 0.319 e. The van der Waals surface area contributed by atoms with Crippen LogP contribution in [0.3, 0.4) is 0 Å². The monoisotopic (exact) mass is 259 g/mol. The summed E-state index contributed by atoms with van der Waals surface area (Å²) < 4.78 is 50.0. The van der Waals surface area contributed by atoms with Crippen molar-refractivity contribution in [2.75, 3.05) is 6.54 Å². The van der Waals surface area contributed by atoms with Crippen LogP contribution >= 0.6 is 11.6 Å². The average molecular weight is 260 g/mol. The highest BCUT2D eigenvalue weighted by Gasteiger charge is 2.40. The quantitative estimate of drug-likeness (QED) is 0.821. The minimum absolute atomic E-state index is 0.0501. The van der Waals surface area contributed by atoms with Crippen molar-refractivity contribution in [2.45, 2.75) is 18.9 Å². The number of halogens is 5. The van der Waals surface area contributed by atoms with Gasteiger partial charge in [-0.05, 0) is 0 Å². The van der Waals surface area contributed by atoms with Crippen molar-refractivity contribution in [3.63, 3.8) is 0 Å². The Kier molecular flexibility index (Phi) is 4.15. The first-order chi connectivity index (χ1) is 7.34. The maximum Gasteiger partial charge on any atom is 0.319 e. The molecule has 0 saturated carbocycles. The molecule has 0 unspecified atom stereocenters. The van der Waals surface area contributed by atoms with Crippen LogP contribution < -0.4 is 5.32 Å². The van der Waals surface area contributed by atoms with Crippen LogP contribution in [-0.4, -0.2) is 28.4 Å². The van der Waals surface area contributed by atoms with Gasteiger partial charge in [0.15, 0.2) is 0 Å². The second-order valence-electron chi connectivity index (χ2n) is 3.22. The number of nitrogens with one attached hydrogen (secondary N) is 1. The van der Waals surface area contributed by atoms with Gasteiger partial charge in [0.05, 0.1) is 19.3 Å². The predicted molar refractivity (Wildman–Crippen MR) is 50.9 cm³/mol. The van der Waals surface area contributed by atoms with E-state index in [1.807, 2.05) is 0 Å². The largest absolute Gasteiger partial charge is 0.321 e. The van der Waals surface area contributed by atoms with Gasteiger partial charge in [0.1, 0.15) is 11.0 Å². The lowest BCUT2D eigenvalue weighted by molar-refractivity contribution is -0.125. The van der Waals surface area contributed by atoms with Gasteiger partial charge in [-0.3, -0.25) is 0 Å². The zero-order valence-electron chi connectivity index (χ0n) is 8.35. The molecule has 3 nitrogen and oxygen atoms in total. The van der Waals surface area contributed by atoms with E-state index in [-0.39, 0.29) is 6.54 Å². The Labute approximate surface area is 94.4 Å². The fourth-order valence-corrected chi connectivity index (χ4v) is 1.15. The van der Waals surface area contributed by atoms with E-state index < -0.39 is 18.9 Å². The molecule has 0 radical (unpaired) electrons. The van der Waals surface area contributed by atoms with Crippen LogP contribution in [0.1, 0.15) is 5.82 Å². The number of alkyl halides is 4. The fraction of sp³-hybridized carbons (Fsp3) is 0.625. The van der Waals surface area contributed by atoms with Crippen molar-refractivity contribution in [3.05, 3.63) is 17.2 Å². The summed E-state index contributed by atoms with van der Waals surface area (Å²) in [7, 11) is 1.59. The normalized spacial score (nSPS) is 12.4. The number of imidazole rings is 1. The van der Waals surface area contributed by atoms with Crippen LogP contribution in [0.15, 0.2) is 6.20 Å². The summed E-state index contributed by atoms with van der Waals surface area (Å²) in [5.74, 6) is -3.63. The Morgan fingerprint density at radius 1 is 1.56 bits per heavy atom. The van der Waals surface area contributed by atoms with Gasteiger partial charge in [-0.2, -0.15) is 8.78 Å². The van der Waals surface area contributed by atoms with Crippen molar-refractivity contribution in [3.8, 4) is 0 Å². The number of rotatable bonds is 5. The summed E-state index contributed by atoms with van der Waals surface area (Å²) in [5, 5.41) is 2.55. The van der Waals surface area contributed by atoms with Crippen LogP contribution in [0.5, 0.6) is 0 Å². The van der Waals surface area contributed by atoms with Crippen LogP contribution in [-0.2, 0) is 13.6 Å². The summed E-state index contributed by atoms with van der Waals surface area (Å²) in [6.45, 7) is -1.15. The maximum absolute atomic E-state index is 12.5. The fourth-order valence-electron chi connectivity index (χ4n) is 1.01. The molecule has 0 fully saturated rings. The average Bonchev–Trinajstić information content (AvgIpc) is 2.49. The van der Waals surface area contributed by atoms with Crippen LogP contribution in [0, 0.1) is 0 Å². The van der Waals surface area contributed by atoms with E-state index in [0.717, 1.165) is 0 Å². The summed E-state index contributed by atoms with van der Waals surface area (Å²) in [4.78, 5) is 3.82. The molecule has 16 heavy (non-hydrogen) atoms. The minimum atomic E-state index is -4.03. The van der Waals surface area contributed by atoms with E-state index in [9.17, 15) is 17.6 Å². The van der Waals surface area contributed by atoms with Gasteiger partial charge >= 0.3 is 12.3 Å². The van der Waals surface area contributed by atoms with Gasteiger partial charge in [0.25, 0.3) is 0 Å². The van der Waals surface area contributed by atoms with E-state index in [1.54, 1.807) is 7.05 Å². The van der Waals surface area contributed by atoms with Crippen LogP contribution in [0.4, 0.5) is 17.6 Å². The highest BCUT2D eigenvalue weighted by molar-refractivity contribution is 6.29. The second kappa shape index (κ2) is 5.01. The predicted octanol–water partition coefficient (Wildman–Crippen LogP) is 2.06. The van der Waals surface area contributed by atoms with E-state index >= 15 is 0 Å². The Balaban J connectivity index is 2.45. The highest BCUT2D eigenvalue weighted by atomic mass is 35.5. The lowest BCUT2D eigenvalue weighted by Gasteiger charge is -2.15. The second-order valence-corrected chi connectivity index (χ2v) is 3.61. The number of nitrogens with zero attached hydrogens (tertiary/aromatic N) is 2. The highest BCUT2D eigenvalue weighted by Crippen LogP contribution is 2.21. The van der Waals surface area contributed by atoms with Gasteiger partial charge in [-0.15, -0.1) is 0 Å². The molecule has 0 amide bonds. The van der Waals surface area contributed by atoms with Gasteiger partial charge in [-0.1, -0.05) is 11.6 Å². The van der Waals surface area contributed by atoms with Crippen molar-refractivity contribution in [1.29, 1.82) is 0 Å². The number of hydrogen-bond donors (Lipinski definition) is 1. The molecule has 0 saturated heterocycles. The lowest BCUT2D eigenvalue weighted by atomic mass is 10.3. The Morgan fingerprint density at radius 3 is 2.62 bits per heavy atom. The third-order valence-corrected chi connectivity index (χ3v) is 2.34. The number of hydrogen-bond acceptors (Lipinski definition) is 2. The van der Waals surface area contributed by atoms with E-state index in [0.29, 0.717) is 11.0 Å². The maximum atomic E-state index is 12.5. The first-order valence-electron chi connectivity index (χ1n) is 4.37. The molecule has 0 aliphatic rings. The van der Waals surface area contributed by atoms with Crippen LogP contribution in [0.2, 0.25) is 5.15 Å². The van der Waals surface area contributed by atoms with E-state index in [2.05, 4.69) is 10.3 Å². The number of aromatic nitrogens is 2. The molecule has 1 heterocycles. The molecule has 1 N–H and O–H groups in total. The van der Waals surface area contributed by atoms with Gasteiger partial charge in [-0.25, -0.2) is 13.8 Å². The molecule has 0 aromatic carbocycles. The van der Waals surface area contributed by atoms with Gasteiger partial charge in [0, 0.05) is 7.05 Å². The molecular weight excluding hydrogens is 250 g/mol. The Bertz CT molecular complexity index is 353. The molecule has 0 aliphatic carbocycles. The minimum Gasteiger partial charge on any atom is -0.321 e. The summed E-state index contributed by atoms with van der Waals surface area (Å²) in [6, 6.07) is 0. The topological polar surface area (TPSA) is 29.9 Å². The van der Waals surface area contributed by atoms with E-state index in [4.69, 9.17) is 11.6 Å². The Hall–Kier alpha value is -0.820. The molecule has 1 rings (SSSR count). The van der Waals surface area contributed by atoms with Crippen LogP contribution in [0.25, 0.3) is 0 Å². The molecular formula is C8H10ClF4N3. The first-order valence-corrected chi connectivity index (χ1v) is 4.75. The molecule has 1 aromatic rings. The van der Waals surface area contributed by atoms with Gasteiger partial charge in [0.2, 0.25) is 0 Å². The summed E-state index contributed by atoms with van der Waals surface area (Å²) >= 11 is 5.65. The molecule has 0 aliphatic heterocycles. The third-order valence-electron chi connectivity index (χ3n) is 1.99. The van der Waals surface area contributed by atoms with Crippen molar-refractivity contribution in [1.82, 2.24) is 14.9 Å². The summed E-state index contributed by atoms with van der Waals surface area (Å²) in [6.07, 6.45) is -2.32. The van der Waals surface area contributed by atoms with E-state index in [1.165, 1.54) is 10.8 Å². The van der Waals surface area contributed by atoms with Crippen molar-refractivity contribution < 1.29 is 17.6 Å². The lowest BCUT2D eigenvalue weighted by Crippen LogP contribution is -2.38. The van der Waals surface area contributed by atoms with Crippen molar-refractivity contribution in [2.24, 2.45) is 7.05 Å². The SMILES string of the molecule is Cn1c(Cl)cnc1CNCC(F)(F)C(F)F. The molecule has 1 aromatic heterocycles. The zero-order valence-corrected chi connectivity index (χ0v) is 9.11. The Morgan fingerprint density at radius 2 is 2.19 bits per heavy atom. The molecule has 0 atom stereocenters. The zero-order chi connectivity index (χ0) is 12.3. The molecule has 8 heteroatoms. The summed E-state index contributed by atoms with van der Waals surface area (Å²) in [5.41, 5.74) is 0. The molecule has 92 valence electrons. The standard InChI is InChI=1S/C8H10ClF4N3/c1-16-5(9)2-15-6(16)3-14-4-8(12,13)7(10)11/h2,7,14H,3-4H2,1H3. The molecule has 0 spiro atoms. The van der Waals surface area contributed by atoms with Gasteiger partial charge < -0.3 is 9.88 Å². The first kappa shape index (κ1) is 13.2. The van der Waals surface area contributed by atoms with Crippen molar-refractivity contribution >= 4 is 11.6 Å². The third kappa shape index (κ3) is 3.08.